The number of carbonyl (C=O) groups excluding carboxylic acids is 1. The zero-order valence-corrected chi connectivity index (χ0v) is 16.3. The molecule has 2 fully saturated rings. The summed E-state index contributed by atoms with van der Waals surface area (Å²) in [5.41, 5.74) is -1.22. The lowest BCUT2D eigenvalue weighted by molar-refractivity contribution is -0.121. The molecule has 9 heteroatoms. The van der Waals surface area contributed by atoms with Crippen LogP contribution >= 0.6 is 0 Å². The maximum Gasteiger partial charge on any atom is 0.266 e. The van der Waals surface area contributed by atoms with E-state index in [1.165, 1.54) is 16.8 Å². The van der Waals surface area contributed by atoms with Crippen molar-refractivity contribution in [1.29, 1.82) is 0 Å². The maximum absolute atomic E-state index is 14.5. The van der Waals surface area contributed by atoms with Crippen molar-refractivity contribution in [3.8, 4) is 5.75 Å². The molecule has 0 spiro atoms. The zero-order chi connectivity index (χ0) is 20.9. The molecule has 0 unspecified atom stereocenters. The predicted octanol–water partition coefficient (Wildman–Crippen LogP) is 3.29. The number of Topliss-reactive ketones (excluding diaryl/α,β-unsaturated/α-hetero) is 1. The molecule has 29 heavy (non-hydrogen) atoms. The lowest BCUT2D eigenvalue weighted by atomic mass is 9.77. The molecule has 1 aliphatic heterocycles. The fourth-order valence-electron chi connectivity index (χ4n) is 4.41. The molecule has 1 saturated carbocycles. The minimum atomic E-state index is -2.84. The third-order valence-electron chi connectivity index (χ3n) is 5.67. The van der Waals surface area contributed by atoms with E-state index in [4.69, 9.17) is 4.74 Å². The van der Waals surface area contributed by atoms with Gasteiger partial charge < -0.3 is 15.2 Å². The maximum atomic E-state index is 14.5. The second-order valence-corrected chi connectivity index (χ2v) is 8.53. The largest absolute Gasteiger partial charge is 0.492 e. The molecule has 2 aromatic rings. The van der Waals surface area contributed by atoms with Crippen LogP contribution in [0.1, 0.15) is 57.6 Å². The van der Waals surface area contributed by atoms with Crippen LogP contribution in [-0.4, -0.2) is 45.0 Å². The van der Waals surface area contributed by atoms with Gasteiger partial charge in [0.1, 0.15) is 18.1 Å². The monoisotopic (exact) mass is 411 g/mol. The predicted molar refractivity (Wildman–Crippen MR) is 99.7 cm³/mol. The van der Waals surface area contributed by atoms with Crippen LogP contribution in [0.15, 0.2) is 12.1 Å². The number of fused-ring (bicyclic) bond motifs is 1. The molecule has 1 aliphatic carbocycles. The molecule has 1 aromatic heterocycles. The lowest BCUT2D eigenvalue weighted by Gasteiger charge is -2.41. The van der Waals surface area contributed by atoms with Gasteiger partial charge in [0.15, 0.2) is 0 Å². The fraction of sp³-hybridized carbons (Fsp3) is 0.600. The SMILES string of the molecule is C[C@H]1CC(=O)C[C@@H](COc2cc(C(F)F)c3c(c2)c(F)nn3C2CC(C)(O)C2)N1. The van der Waals surface area contributed by atoms with E-state index >= 15 is 0 Å². The van der Waals surface area contributed by atoms with Crippen molar-refractivity contribution in [3.05, 3.63) is 23.6 Å². The molecule has 158 valence electrons. The quantitative estimate of drug-likeness (QED) is 0.790. The number of alkyl halides is 2. The number of nitrogens with zero attached hydrogens (tertiary/aromatic N) is 2. The first-order chi connectivity index (χ1) is 13.6. The first kappa shape index (κ1) is 20.2. The topological polar surface area (TPSA) is 76.4 Å². The van der Waals surface area contributed by atoms with Crippen LogP contribution in [0, 0.1) is 5.95 Å². The number of carbonyl (C=O) groups is 1. The molecule has 1 aromatic carbocycles. The van der Waals surface area contributed by atoms with E-state index in [0.29, 0.717) is 25.7 Å². The first-order valence-electron chi connectivity index (χ1n) is 9.75. The molecule has 2 heterocycles. The molecule has 2 aliphatic rings. The number of ketones is 1. The molecular formula is C20H24F3N3O3. The normalized spacial score (nSPS) is 30.0. The van der Waals surface area contributed by atoms with Crippen molar-refractivity contribution in [2.24, 2.45) is 0 Å². The Morgan fingerprint density at radius 2 is 2.10 bits per heavy atom. The van der Waals surface area contributed by atoms with Crippen molar-refractivity contribution in [1.82, 2.24) is 15.1 Å². The Labute approximate surface area is 166 Å². The van der Waals surface area contributed by atoms with Gasteiger partial charge in [0, 0.05) is 30.5 Å². The van der Waals surface area contributed by atoms with Crippen molar-refractivity contribution in [2.75, 3.05) is 6.61 Å². The van der Waals surface area contributed by atoms with E-state index < -0.39 is 18.0 Å². The number of rotatable bonds is 5. The highest BCUT2D eigenvalue weighted by atomic mass is 19.3. The highest BCUT2D eigenvalue weighted by Gasteiger charge is 2.41. The van der Waals surface area contributed by atoms with E-state index in [1.807, 2.05) is 6.92 Å². The highest BCUT2D eigenvalue weighted by Crippen LogP contribution is 2.44. The number of halogens is 3. The average molecular weight is 411 g/mol. The number of ether oxygens (including phenoxy) is 1. The molecule has 6 nitrogen and oxygen atoms in total. The van der Waals surface area contributed by atoms with Crippen molar-refractivity contribution >= 4 is 16.7 Å². The van der Waals surface area contributed by atoms with Gasteiger partial charge in [-0.2, -0.15) is 4.39 Å². The number of aliphatic hydroxyl groups is 1. The summed E-state index contributed by atoms with van der Waals surface area (Å²) >= 11 is 0. The zero-order valence-electron chi connectivity index (χ0n) is 16.3. The molecule has 1 saturated heterocycles. The summed E-state index contributed by atoms with van der Waals surface area (Å²) in [5, 5.41) is 17.0. The Morgan fingerprint density at radius 3 is 2.72 bits per heavy atom. The number of benzene rings is 1. The molecule has 2 atom stereocenters. The number of hydrogen-bond acceptors (Lipinski definition) is 5. The number of nitrogens with one attached hydrogen (secondary N) is 1. The van der Waals surface area contributed by atoms with Gasteiger partial charge in [-0.1, -0.05) is 0 Å². The van der Waals surface area contributed by atoms with E-state index in [9.17, 15) is 23.1 Å². The molecule has 2 N–H and O–H groups in total. The summed E-state index contributed by atoms with van der Waals surface area (Å²) in [4.78, 5) is 11.7. The Hall–Kier alpha value is -2.13. The number of aromatic nitrogens is 2. The first-order valence-corrected chi connectivity index (χ1v) is 9.75. The number of piperidine rings is 1. The summed E-state index contributed by atoms with van der Waals surface area (Å²) in [6, 6.07) is 2.04. The van der Waals surface area contributed by atoms with Crippen molar-refractivity contribution in [2.45, 2.75) is 69.7 Å². The fourth-order valence-corrected chi connectivity index (χ4v) is 4.41. The Morgan fingerprint density at radius 1 is 1.38 bits per heavy atom. The van der Waals surface area contributed by atoms with E-state index in [0.717, 1.165) is 0 Å². The van der Waals surface area contributed by atoms with Crippen LogP contribution in [0.4, 0.5) is 13.2 Å². The standard InChI is InChI=1S/C20H24F3N3O3/c1-10-3-13(27)4-11(24-10)9-29-14-5-15(18(21)22)17-16(6-14)19(23)25-26(17)12-7-20(2,28)8-12/h5-6,10-12,18,24,28H,3-4,7-9H2,1-2H3/t10-,11-,12?,20?/m0/s1. The van der Waals surface area contributed by atoms with Gasteiger partial charge >= 0.3 is 0 Å². The van der Waals surface area contributed by atoms with Crippen LogP contribution < -0.4 is 10.1 Å². The average Bonchev–Trinajstić information content (AvgIpc) is 2.93. The summed E-state index contributed by atoms with van der Waals surface area (Å²) in [7, 11) is 0. The Kier molecular flexibility index (Phi) is 5.06. The van der Waals surface area contributed by atoms with E-state index in [2.05, 4.69) is 10.4 Å². The minimum absolute atomic E-state index is 0.0271. The lowest BCUT2D eigenvalue weighted by Crippen LogP contribution is -2.47. The van der Waals surface area contributed by atoms with Gasteiger partial charge in [0.2, 0.25) is 5.95 Å². The van der Waals surface area contributed by atoms with Crippen LogP contribution in [0.2, 0.25) is 0 Å². The molecule has 0 radical (unpaired) electrons. The van der Waals surface area contributed by atoms with Crippen LogP contribution in [-0.2, 0) is 4.79 Å². The van der Waals surface area contributed by atoms with Gasteiger partial charge in [-0.05, 0) is 38.8 Å². The minimum Gasteiger partial charge on any atom is -0.492 e. The van der Waals surface area contributed by atoms with Crippen molar-refractivity contribution in [3.63, 3.8) is 0 Å². The van der Waals surface area contributed by atoms with E-state index in [1.54, 1.807) is 6.92 Å². The summed E-state index contributed by atoms with van der Waals surface area (Å²) < 4.78 is 48.9. The molecule has 0 amide bonds. The summed E-state index contributed by atoms with van der Waals surface area (Å²) in [6.45, 7) is 3.66. The third kappa shape index (κ3) is 3.98. The van der Waals surface area contributed by atoms with Gasteiger partial charge in [0.05, 0.1) is 22.5 Å². The van der Waals surface area contributed by atoms with Gasteiger partial charge in [0.25, 0.3) is 6.43 Å². The van der Waals surface area contributed by atoms with Crippen molar-refractivity contribution < 1.29 is 27.8 Å². The second-order valence-electron chi connectivity index (χ2n) is 8.53. The third-order valence-corrected chi connectivity index (χ3v) is 5.67. The second kappa shape index (κ2) is 7.28. The number of hydrogen-bond donors (Lipinski definition) is 2. The van der Waals surface area contributed by atoms with Crippen LogP contribution in [0.3, 0.4) is 0 Å². The van der Waals surface area contributed by atoms with Gasteiger partial charge in [-0.3, -0.25) is 9.48 Å². The van der Waals surface area contributed by atoms with Gasteiger partial charge in [-0.25, -0.2) is 8.78 Å². The summed E-state index contributed by atoms with van der Waals surface area (Å²) in [6.07, 6.45) is -1.43. The Balaban J connectivity index is 1.61. The molecule has 4 rings (SSSR count). The van der Waals surface area contributed by atoms with E-state index in [-0.39, 0.29) is 52.7 Å². The molecular weight excluding hydrogens is 387 g/mol. The summed E-state index contributed by atoms with van der Waals surface area (Å²) in [5.74, 6) is -0.616. The highest BCUT2D eigenvalue weighted by molar-refractivity contribution is 5.85. The van der Waals surface area contributed by atoms with Gasteiger partial charge in [-0.15, -0.1) is 5.10 Å². The van der Waals surface area contributed by atoms with Crippen LogP contribution in [0.25, 0.3) is 10.9 Å². The van der Waals surface area contributed by atoms with Crippen LogP contribution in [0.5, 0.6) is 5.75 Å². The smallest absolute Gasteiger partial charge is 0.266 e. The molecule has 0 bridgehead atoms. The Bertz CT molecular complexity index is 936.